The molecule has 1 aromatic carbocycles. The monoisotopic (exact) mass is 354 g/mol. The fourth-order valence-electron chi connectivity index (χ4n) is 2.72. The van der Waals surface area contributed by atoms with Crippen molar-refractivity contribution in [1.29, 1.82) is 0 Å². The topological polar surface area (TPSA) is 38.9 Å². The Morgan fingerprint density at radius 3 is 2.70 bits per heavy atom. The molecular weight excluding hydrogens is 339 g/mol. The van der Waals surface area contributed by atoms with E-state index in [-0.39, 0.29) is 5.82 Å². The largest absolute Gasteiger partial charge is 0.389 e. The van der Waals surface area contributed by atoms with Crippen molar-refractivity contribution in [3.8, 4) is 11.3 Å². The standard InChI is InChI=1S/C15H16BrFN2S/c16-11-7-6-10(8-12(11)17)13-14(18)20-15(19-13)9-4-2-1-3-5-9/h6-9H,1-5,18H2. The molecule has 20 heavy (non-hydrogen) atoms. The van der Waals surface area contributed by atoms with Gasteiger partial charge in [-0.25, -0.2) is 9.37 Å². The number of nitrogens with two attached hydrogens (primary N) is 1. The summed E-state index contributed by atoms with van der Waals surface area (Å²) in [7, 11) is 0. The van der Waals surface area contributed by atoms with E-state index in [1.807, 2.05) is 6.07 Å². The lowest BCUT2D eigenvalue weighted by Gasteiger charge is -2.18. The molecule has 2 N–H and O–H groups in total. The molecule has 0 atom stereocenters. The third-order valence-corrected chi connectivity index (χ3v) is 5.51. The van der Waals surface area contributed by atoms with Crippen LogP contribution in [0.5, 0.6) is 0 Å². The van der Waals surface area contributed by atoms with Crippen molar-refractivity contribution in [2.24, 2.45) is 0 Å². The van der Waals surface area contributed by atoms with Gasteiger partial charge in [0.05, 0.1) is 9.48 Å². The molecule has 1 aliphatic rings. The summed E-state index contributed by atoms with van der Waals surface area (Å²) in [6.07, 6.45) is 6.25. The molecule has 3 rings (SSSR count). The Hall–Kier alpha value is -0.940. The van der Waals surface area contributed by atoms with Crippen molar-refractivity contribution in [2.75, 3.05) is 5.73 Å². The van der Waals surface area contributed by atoms with Crippen LogP contribution < -0.4 is 5.73 Å². The Labute approximate surface area is 130 Å². The summed E-state index contributed by atoms with van der Waals surface area (Å²) in [4.78, 5) is 4.69. The minimum atomic E-state index is -0.283. The molecule has 5 heteroatoms. The first-order valence-corrected chi connectivity index (χ1v) is 8.47. The lowest BCUT2D eigenvalue weighted by molar-refractivity contribution is 0.442. The number of rotatable bonds is 2. The number of nitrogens with zero attached hydrogens (tertiary/aromatic N) is 1. The van der Waals surface area contributed by atoms with Crippen molar-refractivity contribution in [2.45, 2.75) is 38.0 Å². The molecule has 1 aromatic heterocycles. The molecule has 0 aliphatic heterocycles. The van der Waals surface area contributed by atoms with E-state index in [0.717, 1.165) is 16.3 Å². The van der Waals surface area contributed by atoms with Gasteiger partial charge in [-0.05, 0) is 40.9 Å². The minimum Gasteiger partial charge on any atom is -0.389 e. The quantitative estimate of drug-likeness (QED) is 0.790. The number of halogens is 2. The van der Waals surface area contributed by atoms with Gasteiger partial charge < -0.3 is 5.73 Å². The maximum Gasteiger partial charge on any atom is 0.138 e. The van der Waals surface area contributed by atoms with Crippen LogP contribution in [-0.4, -0.2) is 4.98 Å². The molecule has 0 spiro atoms. The summed E-state index contributed by atoms with van der Waals surface area (Å²) in [6, 6.07) is 5.03. The summed E-state index contributed by atoms with van der Waals surface area (Å²) >= 11 is 4.72. The Balaban J connectivity index is 1.93. The third kappa shape index (κ3) is 2.74. The normalized spacial score (nSPS) is 16.5. The highest BCUT2D eigenvalue weighted by Crippen LogP contribution is 2.40. The van der Waals surface area contributed by atoms with Gasteiger partial charge in [0.25, 0.3) is 0 Å². The van der Waals surface area contributed by atoms with Gasteiger partial charge in [-0.15, -0.1) is 11.3 Å². The van der Waals surface area contributed by atoms with Crippen molar-refractivity contribution < 1.29 is 4.39 Å². The average Bonchev–Trinajstić information content (AvgIpc) is 2.85. The first-order chi connectivity index (χ1) is 9.65. The fraction of sp³-hybridized carbons (Fsp3) is 0.400. The number of hydrogen-bond donors (Lipinski definition) is 1. The minimum absolute atomic E-state index is 0.283. The van der Waals surface area contributed by atoms with E-state index >= 15 is 0 Å². The molecule has 1 fully saturated rings. The molecule has 106 valence electrons. The zero-order valence-electron chi connectivity index (χ0n) is 11.0. The van der Waals surface area contributed by atoms with Crippen LogP contribution in [0.2, 0.25) is 0 Å². The van der Waals surface area contributed by atoms with E-state index in [0.29, 0.717) is 15.4 Å². The van der Waals surface area contributed by atoms with Gasteiger partial charge in [0.15, 0.2) is 0 Å². The van der Waals surface area contributed by atoms with Crippen molar-refractivity contribution in [3.05, 3.63) is 33.5 Å². The average molecular weight is 355 g/mol. The molecule has 0 unspecified atom stereocenters. The maximum atomic E-state index is 13.6. The summed E-state index contributed by atoms with van der Waals surface area (Å²) in [5, 5.41) is 1.80. The van der Waals surface area contributed by atoms with Crippen LogP contribution in [0.25, 0.3) is 11.3 Å². The number of aromatic nitrogens is 1. The van der Waals surface area contributed by atoms with Crippen molar-refractivity contribution in [3.63, 3.8) is 0 Å². The van der Waals surface area contributed by atoms with Crippen molar-refractivity contribution >= 4 is 32.3 Å². The molecule has 0 radical (unpaired) electrons. The predicted octanol–water partition coefficient (Wildman–Crippen LogP) is 5.34. The molecule has 0 amide bonds. The smallest absolute Gasteiger partial charge is 0.138 e. The molecule has 0 bridgehead atoms. The van der Waals surface area contributed by atoms with Crippen LogP contribution >= 0.6 is 27.3 Å². The molecule has 1 heterocycles. The third-order valence-electron chi connectivity index (χ3n) is 3.82. The van der Waals surface area contributed by atoms with E-state index in [1.165, 1.54) is 38.2 Å². The highest BCUT2D eigenvalue weighted by Gasteiger charge is 2.21. The van der Waals surface area contributed by atoms with Crippen LogP contribution in [0, 0.1) is 5.82 Å². The van der Waals surface area contributed by atoms with Crippen LogP contribution in [0.15, 0.2) is 22.7 Å². The lowest BCUT2D eigenvalue weighted by Crippen LogP contribution is -2.03. The van der Waals surface area contributed by atoms with Gasteiger partial charge in [-0.2, -0.15) is 0 Å². The molecule has 2 nitrogen and oxygen atoms in total. The van der Waals surface area contributed by atoms with Gasteiger partial charge >= 0.3 is 0 Å². The van der Waals surface area contributed by atoms with E-state index in [4.69, 9.17) is 5.73 Å². The second-order valence-corrected chi connectivity index (χ2v) is 7.15. The van der Waals surface area contributed by atoms with Crippen LogP contribution in [0.1, 0.15) is 43.0 Å². The number of nitrogen functional groups attached to an aromatic ring is 1. The molecule has 1 aliphatic carbocycles. The number of anilines is 1. The van der Waals surface area contributed by atoms with Gasteiger partial charge in [-0.3, -0.25) is 0 Å². The zero-order chi connectivity index (χ0) is 14.1. The van der Waals surface area contributed by atoms with E-state index in [1.54, 1.807) is 17.4 Å². The van der Waals surface area contributed by atoms with Crippen LogP contribution in [0.3, 0.4) is 0 Å². The van der Waals surface area contributed by atoms with Crippen molar-refractivity contribution in [1.82, 2.24) is 4.98 Å². The molecule has 1 saturated carbocycles. The summed E-state index contributed by atoms with van der Waals surface area (Å²) in [5.74, 6) is 0.249. The van der Waals surface area contributed by atoms with Gasteiger partial charge in [0, 0.05) is 11.5 Å². The number of hydrogen-bond acceptors (Lipinski definition) is 3. The molecule has 0 saturated heterocycles. The Morgan fingerprint density at radius 1 is 1.25 bits per heavy atom. The predicted molar refractivity (Wildman–Crippen MR) is 85.4 cm³/mol. The van der Waals surface area contributed by atoms with E-state index < -0.39 is 0 Å². The highest BCUT2D eigenvalue weighted by atomic mass is 79.9. The fourth-order valence-corrected chi connectivity index (χ4v) is 3.99. The first kappa shape index (κ1) is 14.0. The SMILES string of the molecule is Nc1sc(C2CCCCC2)nc1-c1ccc(Br)c(F)c1. The molecule has 2 aromatic rings. The summed E-state index contributed by atoms with van der Waals surface area (Å²) in [6.45, 7) is 0. The Morgan fingerprint density at radius 2 is 2.00 bits per heavy atom. The second-order valence-electron chi connectivity index (χ2n) is 5.23. The lowest BCUT2D eigenvalue weighted by atomic mass is 9.90. The second kappa shape index (κ2) is 5.82. The Kier molecular flexibility index (Phi) is 4.08. The maximum absolute atomic E-state index is 13.6. The zero-order valence-corrected chi connectivity index (χ0v) is 13.4. The van der Waals surface area contributed by atoms with Crippen LogP contribution in [0.4, 0.5) is 9.39 Å². The summed E-state index contributed by atoms with van der Waals surface area (Å²) in [5.41, 5.74) is 7.57. The highest BCUT2D eigenvalue weighted by molar-refractivity contribution is 9.10. The van der Waals surface area contributed by atoms with E-state index in [2.05, 4.69) is 20.9 Å². The van der Waals surface area contributed by atoms with E-state index in [9.17, 15) is 4.39 Å². The van der Waals surface area contributed by atoms with Crippen LogP contribution in [-0.2, 0) is 0 Å². The first-order valence-electron chi connectivity index (χ1n) is 6.87. The van der Waals surface area contributed by atoms with Gasteiger partial charge in [0.2, 0.25) is 0 Å². The summed E-state index contributed by atoms with van der Waals surface area (Å²) < 4.78 is 14.1. The number of thiazole rings is 1. The van der Waals surface area contributed by atoms with Gasteiger partial charge in [-0.1, -0.05) is 25.3 Å². The Bertz CT molecular complexity index is 620. The number of benzene rings is 1. The van der Waals surface area contributed by atoms with Gasteiger partial charge in [0.1, 0.15) is 16.5 Å². The molecular formula is C15H16BrFN2S.